The third-order valence-electron chi connectivity index (χ3n) is 4.78. The molecular weight excluding hydrogens is 480 g/mol. The summed E-state index contributed by atoms with van der Waals surface area (Å²) in [7, 11) is -6.95. The first-order chi connectivity index (χ1) is 16.0. The molecule has 0 spiro atoms. The summed E-state index contributed by atoms with van der Waals surface area (Å²) in [6, 6.07) is 15.4. The summed E-state index contributed by atoms with van der Waals surface area (Å²) in [5.74, 6) is 1.27. The van der Waals surface area contributed by atoms with Crippen LogP contribution in [0, 0.1) is 0 Å². The zero-order chi connectivity index (χ0) is 25.2. The molecule has 0 bridgehead atoms. The summed E-state index contributed by atoms with van der Waals surface area (Å²) >= 11 is 0. The number of benzene rings is 2. The fourth-order valence-electron chi connectivity index (χ4n) is 3.38. The van der Waals surface area contributed by atoms with E-state index in [1.807, 2.05) is 48.5 Å². The van der Waals surface area contributed by atoms with Gasteiger partial charge in [0, 0.05) is 0 Å². The second-order valence-corrected chi connectivity index (χ2v) is 10.7. The van der Waals surface area contributed by atoms with E-state index >= 15 is 0 Å². The van der Waals surface area contributed by atoms with E-state index in [9.17, 15) is 16.8 Å². The molecule has 0 amide bonds. The molecule has 2 rings (SSSR count). The third-order valence-corrected chi connectivity index (χ3v) is 5.97. The first-order valence-corrected chi connectivity index (χ1v) is 14.5. The Labute approximate surface area is 202 Å². The Hall–Kier alpha value is -2.40. The summed E-state index contributed by atoms with van der Waals surface area (Å²) in [5.41, 5.74) is 4.59. The average Bonchev–Trinajstić information content (AvgIpc) is 2.78. The quantitative estimate of drug-likeness (QED) is 0.211. The predicted octanol–water partition coefficient (Wildman–Crippen LogP) is 4.13. The van der Waals surface area contributed by atoms with E-state index in [1.54, 1.807) is 0 Å². The third kappa shape index (κ3) is 9.84. The van der Waals surface area contributed by atoms with Crippen molar-refractivity contribution in [3.05, 3.63) is 59.7 Å². The fourth-order valence-corrected chi connectivity index (χ4v) is 4.12. The summed E-state index contributed by atoms with van der Waals surface area (Å²) in [6.45, 7) is 4.42. The molecule has 0 aromatic heterocycles. The van der Waals surface area contributed by atoms with Crippen molar-refractivity contribution in [2.24, 2.45) is 0 Å². The molecule has 8 nitrogen and oxygen atoms in total. The van der Waals surface area contributed by atoms with Crippen LogP contribution in [0.15, 0.2) is 48.5 Å². The Balaban J connectivity index is 2.07. The van der Waals surface area contributed by atoms with Gasteiger partial charge in [0.15, 0.2) is 0 Å². The van der Waals surface area contributed by atoms with Gasteiger partial charge in [0.05, 0.1) is 12.5 Å². The van der Waals surface area contributed by atoms with Crippen LogP contribution in [0.2, 0.25) is 0 Å². The first-order valence-electron chi connectivity index (χ1n) is 10.9. The van der Waals surface area contributed by atoms with Gasteiger partial charge in [-0.25, -0.2) is 0 Å². The number of allylic oxidation sites excluding steroid dienone is 2. The van der Waals surface area contributed by atoms with Gasteiger partial charge >= 0.3 is 0 Å². The minimum absolute atomic E-state index is 0.0366. The minimum Gasteiger partial charge on any atom is -0.491 e. The van der Waals surface area contributed by atoms with Crippen molar-refractivity contribution >= 4 is 31.4 Å². The molecule has 0 N–H and O–H groups in total. The molecule has 0 aliphatic carbocycles. The highest BCUT2D eigenvalue weighted by Gasteiger charge is 2.10. The molecule has 2 aromatic rings. The molecule has 0 aliphatic rings. The van der Waals surface area contributed by atoms with Gasteiger partial charge in [0.25, 0.3) is 20.2 Å². The molecule has 0 aliphatic heterocycles. The smallest absolute Gasteiger partial charge is 0.264 e. The Morgan fingerprint density at radius 1 is 0.588 bits per heavy atom. The van der Waals surface area contributed by atoms with Crippen LogP contribution in [0.25, 0.3) is 11.1 Å². The summed E-state index contributed by atoms with van der Waals surface area (Å²) in [4.78, 5) is 0. The topological polar surface area (TPSA) is 105 Å². The zero-order valence-corrected chi connectivity index (χ0v) is 21.6. The summed E-state index contributed by atoms with van der Waals surface area (Å²) < 4.78 is 64.5. The molecule has 10 heteroatoms. The van der Waals surface area contributed by atoms with Crippen molar-refractivity contribution in [1.29, 1.82) is 0 Å². The number of hydrogen-bond acceptors (Lipinski definition) is 8. The molecule has 0 atom stereocenters. The van der Waals surface area contributed by atoms with Gasteiger partial charge in [-0.15, -0.1) is 0 Å². The van der Waals surface area contributed by atoms with Crippen LogP contribution in [0.3, 0.4) is 0 Å². The highest BCUT2D eigenvalue weighted by molar-refractivity contribution is 7.86. The first kappa shape index (κ1) is 27.8. The Morgan fingerprint density at radius 2 is 0.912 bits per heavy atom. The molecule has 0 unspecified atom stereocenters. The lowest BCUT2D eigenvalue weighted by molar-refractivity contribution is 0.222. The summed E-state index contributed by atoms with van der Waals surface area (Å²) in [5, 5.41) is 0. The number of hydrogen-bond donors (Lipinski definition) is 0. The highest BCUT2D eigenvalue weighted by Crippen LogP contribution is 2.33. The normalized spacial score (nSPS) is 12.8. The molecule has 34 heavy (non-hydrogen) atoms. The van der Waals surface area contributed by atoms with Crippen molar-refractivity contribution in [1.82, 2.24) is 0 Å². The van der Waals surface area contributed by atoms with Gasteiger partial charge in [-0.2, -0.15) is 16.8 Å². The van der Waals surface area contributed by atoms with E-state index in [4.69, 9.17) is 9.47 Å². The van der Waals surface area contributed by atoms with E-state index in [-0.39, 0.29) is 26.4 Å². The molecule has 0 radical (unpaired) electrons. The van der Waals surface area contributed by atoms with Gasteiger partial charge in [-0.05, 0) is 59.4 Å². The van der Waals surface area contributed by atoms with Crippen molar-refractivity contribution < 1.29 is 34.7 Å². The second-order valence-electron chi connectivity index (χ2n) is 7.46. The van der Waals surface area contributed by atoms with Gasteiger partial charge < -0.3 is 9.47 Å². The molecule has 0 heterocycles. The van der Waals surface area contributed by atoms with E-state index in [1.165, 1.54) is 11.1 Å². The molecule has 2 aromatic carbocycles. The van der Waals surface area contributed by atoms with Crippen LogP contribution in [-0.2, 0) is 28.6 Å². The molecule has 0 saturated carbocycles. The minimum atomic E-state index is -3.47. The fraction of sp³-hybridized carbons (Fsp3) is 0.417. The lowest BCUT2D eigenvalue weighted by atomic mass is 9.91. The Morgan fingerprint density at radius 3 is 1.18 bits per heavy atom. The van der Waals surface area contributed by atoms with Crippen LogP contribution in [0.4, 0.5) is 0 Å². The lowest BCUT2D eigenvalue weighted by Gasteiger charge is -2.15. The molecular formula is C24H32O8S2. The summed E-state index contributed by atoms with van der Waals surface area (Å²) in [6.07, 6.45) is 3.69. The van der Waals surface area contributed by atoms with Crippen LogP contribution >= 0.6 is 0 Å². The van der Waals surface area contributed by atoms with Crippen molar-refractivity contribution in [3.8, 4) is 11.5 Å². The van der Waals surface area contributed by atoms with Gasteiger partial charge in [-0.3, -0.25) is 8.37 Å². The zero-order valence-electron chi connectivity index (χ0n) is 19.9. The SMILES string of the molecule is CC/C(=C(\CC)c1ccc(OCCOS(C)(=O)=O)cc1)c1ccc(OCCOS(C)(=O)=O)cc1. The largest absolute Gasteiger partial charge is 0.491 e. The van der Waals surface area contributed by atoms with E-state index < -0.39 is 20.2 Å². The van der Waals surface area contributed by atoms with Gasteiger partial charge in [0.2, 0.25) is 0 Å². The second kappa shape index (κ2) is 12.9. The van der Waals surface area contributed by atoms with Crippen LogP contribution < -0.4 is 9.47 Å². The van der Waals surface area contributed by atoms with Gasteiger partial charge in [0.1, 0.15) is 37.9 Å². The number of rotatable bonds is 14. The molecule has 188 valence electrons. The van der Waals surface area contributed by atoms with Crippen molar-refractivity contribution in [2.75, 3.05) is 38.9 Å². The molecule has 0 fully saturated rings. The molecule has 0 saturated heterocycles. The highest BCUT2D eigenvalue weighted by atomic mass is 32.2. The predicted molar refractivity (Wildman–Crippen MR) is 133 cm³/mol. The van der Waals surface area contributed by atoms with Crippen LogP contribution in [0.5, 0.6) is 11.5 Å². The maximum atomic E-state index is 11.0. The maximum absolute atomic E-state index is 11.0. The van der Waals surface area contributed by atoms with E-state index in [0.717, 1.165) is 36.5 Å². The van der Waals surface area contributed by atoms with Gasteiger partial charge in [-0.1, -0.05) is 38.1 Å². The average molecular weight is 513 g/mol. The maximum Gasteiger partial charge on any atom is 0.264 e. The standard InChI is InChI=1S/C24H32O8S2/c1-5-23(19-7-11-21(12-8-19)29-15-17-31-33(3,25)26)24(6-2)20-9-13-22(14-10-20)30-16-18-32-34(4,27)28/h7-14H,5-6,15-18H2,1-4H3/b24-23-. The lowest BCUT2D eigenvalue weighted by Crippen LogP contribution is -2.11. The Bertz CT molecular complexity index is 1060. The van der Waals surface area contributed by atoms with Crippen molar-refractivity contribution in [2.45, 2.75) is 26.7 Å². The van der Waals surface area contributed by atoms with Crippen molar-refractivity contribution in [3.63, 3.8) is 0 Å². The Kier molecular flexibility index (Phi) is 10.6. The van der Waals surface area contributed by atoms with E-state index in [0.29, 0.717) is 11.5 Å². The van der Waals surface area contributed by atoms with E-state index in [2.05, 4.69) is 22.2 Å². The monoisotopic (exact) mass is 512 g/mol. The number of ether oxygens (including phenoxy) is 2. The van der Waals surface area contributed by atoms with Crippen LogP contribution in [-0.4, -0.2) is 55.8 Å². The van der Waals surface area contributed by atoms with Crippen LogP contribution in [0.1, 0.15) is 37.8 Å².